The van der Waals surface area contributed by atoms with Crippen molar-refractivity contribution in [3.63, 3.8) is 0 Å². The molecule has 4 atom stereocenters. The molecule has 0 saturated carbocycles. The van der Waals surface area contributed by atoms with Gasteiger partial charge in [-0.1, -0.05) is 6.08 Å². The second-order valence-corrected chi connectivity index (χ2v) is 5.00. The predicted molar refractivity (Wildman–Crippen MR) is 72.8 cm³/mol. The van der Waals surface area contributed by atoms with Crippen LogP contribution in [0.15, 0.2) is 23.6 Å². The van der Waals surface area contributed by atoms with Crippen LogP contribution in [0, 0.1) is 0 Å². The number of aromatic nitrogens is 4. The van der Waals surface area contributed by atoms with E-state index >= 15 is 0 Å². The van der Waals surface area contributed by atoms with Gasteiger partial charge >= 0.3 is 0 Å². The lowest BCUT2D eigenvalue weighted by Gasteiger charge is -2.25. The van der Waals surface area contributed by atoms with Crippen molar-refractivity contribution in [2.45, 2.75) is 24.0 Å². The van der Waals surface area contributed by atoms with Gasteiger partial charge in [-0.15, -0.1) is 11.7 Å². The summed E-state index contributed by atoms with van der Waals surface area (Å²) in [5.74, 6) is -0.178. The molecule has 22 heavy (non-hydrogen) atoms. The first-order chi connectivity index (χ1) is 10.4. The highest BCUT2D eigenvalue weighted by Gasteiger charge is 2.54. The molecule has 0 radical (unpaired) electrons. The van der Waals surface area contributed by atoms with E-state index in [0.717, 1.165) is 10.6 Å². The Morgan fingerprint density at radius 2 is 2.41 bits per heavy atom. The molecule has 118 valence electrons. The number of nitrogen functional groups attached to an aromatic ring is 1. The quantitative estimate of drug-likeness (QED) is 0.516. The zero-order valence-corrected chi connectivity index (χ0v) is 11.3. The number of fused-ring (bicyclic) bond motifs is 1. The molecule has 0 aromatic carbocycles. The number of aliphatic hydroxyl groups excluding tert-OH is 2. The van der Waals surface area contributed by atoms with E-state index < -0.39 is 36.1 Å². The summed E-state index contributed by atoms with van der Waals surface area (Å²) in [6, 6.07) is 0. The van der Waals surface area contributed by atoms with E-state index in [4.69, 9.17) is 10.5 Å². The second kappa shape index (κ2) is 4.87. The van der Waals surface area contributed by atoms with E-state index in [-0.39, 0.29) is 17.3 Å². The van der Waals surface area contributed by atoms with Gasteiger partial charge in [0.2, 0.25) is 11.6 Å². The third-order valence-corrected chi connectivity index (χ3v) is 3.74. The fourth-order valence-corrected chi connectivity index (χ4v) is 2.51. The molecular weight excluding hydrogens is 297 g/mol. The molecule has 1 fully saturated rings. The lowest BCUT2D eigenvalue weighted by atomic mass is 9.96. The van der Waals surface area contributed by atoms with Crippen molar-refractivity contribution in [2.75, 3.05) is 12.3 Å². The first-order valence-corrected chi connectivity index (χ1v) is 6.41. The van der Waals surface area contributed by atoms with Gasteiger partial charge < -0.3 is 20.7 Å². The number of alkyl halides is 1. The zero-order valence-electron chi connectivity index (χ0n) is 11.3. The SMILES string of the molecule is C=C[C@]1(CO)O[C@@H](c2cnc3c(=O)[nH]c(N)nn23)[C@H](F)[C@@H]1O. The number of anilines is 1. The number of H-pyrrole nitrogens is 1. The van der Waals surface area contributed by atoms with Crippen LogP contribution in [0.2, 0.25) is 0 Å². The van der Waals surface area contributed by atoms with Gasteiger partial charge in [-0.25, -0.2) is 13.9 Å². The minimum atomic E-state index is -1.87. The third kappa shape index (κ3) is 1.85. The van der Waals surface area contributed by atoms with Crippen molar-refractivity contribution in [2.24, 2.45) is 0 Å². The minimum Gasteiger partial charge on any atom is -0.393 e. The van der Waals surface area contributed by atoms with Gasteiger partial charge in [0, 0.05) is 0 Å². The molecule has 1 aliphatic rings. The van der Waals surface area contributed by atoms with E-state index in [2.05, 4.69) is 21.6 Å². The summed E-state index contributed by atoms with van der Waals surface area (Å²) in [7, 11) is 0. The first-order valence-electron chi connectivity index (χ1n) is 6.41. The molecule has 9 nitrogen and oxygen atoms in total. The number of nitrogens with two attached hydrogens (primary N) is 1. The molecule has 10 heteroatoms. The molecule has 1 saturated heterocycles. The lowest BCUT2D eigenvalue weighted by Crippen LogP contribution is -2.43. The number of rotatable bonds is 3. The van der Waals surface area contributed by atoms with Crippen molar-refractivity contribution in [3.05, 3.63) is 34.9 Å². The fraction of sp³-hybridized carbons (Fsp3) is 0.417. The fourth-order valence-electron chi connectivity index (χ4n) is 2.51. The molecule has 0 bridgehead atoms. The molecule has 3 heterocycles. The summed E-state index contributed by atoms with van der Waals surface area (Å²) in [5, 5.41) is 23.2. The topological polar surface area (TPSA) is 139 Å². The summed E-state index contributed by atoms with van der Waals surface area (Å²) < 4.78 is 20.9. The maximum Gasteiger partial charge on any atom is 0.295 e. The number of hydrogen-bond donors (Lipinski definition) is 4. The summed E-state index contributed by atoms with van der Waals surface area (Å²) >= 11 is 0. The Bertz CT molecular complexity index is 789. The van der Waals surface area contributed by atoms with Crippen LogP contribution in [0.1, 0.15) is 11.8 Å². The van der Waals surface area contributed by atoms with Gasteiger partial charge in [0.25, 0.3) is 5.56 Å². The predicted octanol–water partition coefficient (Wildman–Crippen LogP) is -1.31. The Balaban J connectivity index is 2.13. The smallest absolute Gasteiger partial charge is 0.295 e. The monoisotopic (exact) mass is 311 g/mol. The van der Waals surface area contributed by atoms with Crippen LogP contribution in [0.25, 0.3) is 5.65 Å². The third-order valence-electron chi connectivity index (χ3n) is 3.74. The van der Waals surface area contributed by atoms with Crippen molar-refractivity contribution < 1.29 is 19.3 Å². The van der Waals surface area contributed by atoms with Crippen molar-refractivity contribution in [3.8, 4) is 0 Å². The van der Waals surface area contributed by atoms with Crippen LogP contribution in [0.5, 0.6) is 0 Å². The van der Waals surface area contributed by atoms with Crippen molar-refractivity contribution in [1.82, 2.24) is 19.6 Å². The van der Waals surface area contributed by atoms with Crippen molar-refractivity contribution in [1.29, 1.82) is 0 Å². The second-order valence-electron chi connectivity index (χ2n) is 5.00. The van der Waals surface area contributed by atoms with Crippen LogP contribution in [-0.2, 0) is 4.74 Å². The van der Waals surface area contributed by atoms with Crippen LogP contribution >= 0.6 is 0 Å². The summed E-state index contributed by atoms with van der Waals surface area (Å²) in [6.07, 6.45) is -2.43. The Morgan fingerprint density at radius 1 is 1.68 bits per heavy atom. The zero-order chi connectivity index (χ0) is 16.1. The van der Waals surface area contributed by atoms with E-state index in [1.165, 1.54) is 6.20 Å². The highest BCUT2D eigenvalue weighted by atomic mass is 19.1. The Kier molecular flexibility index (Phi) is 3.24. The van der Waals surface area contributed by atoms with Crippen LogP contribution in [0.3, 0.4) is 0 Å². The van der Waals surface area contributed by atoms with Gasteiger partial charge in [-0.3, -0.25) is 9.78 Å². The van der Waals surface area contributed by atoms with E-state index in [0.29, 0.717) is 0 Å². The summed E-state index contributed by atoms with van der Waals surface area (Å²) in [6.45, 7) is 2.80. The number of nitrogens with one attached hydrogen (secondary N) is 1. The highest BCUT2D eigenvalue weighted by Crippen LogP contribution is 2.42. The Labute approximate surface area is 122 Å². The maximum absolute atomic E-state index is 14.4. The van der Waals surface area contributed by atoms with E-state index in [9.17, 15) is 19.4 Å². The lowest BCUT2D eigenvalue weighted by molar-refractivity contribution is -0.0798. The number of ether oxygens (including phenoxy) is 1. The van der Waals surface area contributed by atoms with Crippen LogP contribution < -0.4 is 11.3 Å². The maximum atomic E-state index is 14.4. The number of aliphatic hydroxyl groups is 2. The van der Waals surface area contributed by atoms with E-state index in [1.807, 2.05) is 0 Å². The molecule has 3 rings (SSSR count). The number of nitrogens with zero attached hydrogens (tertiary/aromatic N) is 3. The molecule has 0 amide bonds. The van der Waals surface area contributed by atoms with Crippen molar-refractivity contribution >= 4 is 11.6 Å². The molecule has 0 spiro atoms. The number of halogens is 1. The Morgan fingerprint density at radius 3 is 3.00 bits per heavy atom. The molecule has 2 aromatic rings. The number of hydrogen-bond acceptors (Lipinski definition) is 7. The molecule has 2 aromatic heterocycles. The first kappa shape index (κ1) is 14.6. The number of aromatic amines is 1. The van der Waals surface area contributed by atoms with Gasteiger partial charge in [0.1, 0.15) is 17.8 Å². The largest absolute Gasteiger partial charge is 0.393 e. The molecule has 0 aliphatic carbocycles. The standard InChI is InChI=1S/C12H14FN5O4/c1-2-12(4-19)8(20)6(13)7(22-12)5-3-15-9-10(21)16-11(14)17-18(5)9/h2-3,6-8,19-20H,1,4H2,(H3,14,16,17,21)/t6-,7-,8-,12+/m0/s1. The van der Waals surface area contributed by atoms with Crippen LogP contribution in [-0.4, -0.2) is 54.3 Å². The van der Waals surface area contributed by atoms with E-state index in [1.54, 1.807) is 0 Å². The summed E-state index contributed by atoms with van der Waals surface area (Å²) in [5.41, 5.74) is 3.24. The van der Waals surface area contributed by atoms with Gasteiger partial charge in [-0.05, 0) is 0 Å². The van der Waals surface area contributed by atoms with Gasteiger partial charge in [0.15, 0.2) is 6.17 Å². The molecule has 5 N–H and O–H groups in total. The highest BCUT2D eigenvalue weighted by molar-refractivity contribution is 5.39. The molecular formula is C12H14FN5O4. The average molecular weight is 311 g/mol. The normalized spacial score (nSPS) is 31.7. The molecule has 1 aliphatic heterocycles. The van der Waals surface area contributed by atoms with Crippen LogP contribution in [0.4, 0.5) is 10.3 Å². The van der Waals surface area contributed by atoms with Gasteiger partial charge in [-0.2, -0.15) is 0 Å². The average Bonchev–Trinajstić information content (AvgIpc) is 3.01. The number of imidazole rings is 1. The van der Waals surface area contributed by atoms with Gasteiger partial charge in [0.05, 0.1) is 18.5 Å². The molecule has 0 unspecified atom stereocenters. The Hall–Kier alpha value is -2.30. The summed E-state index contributed by atoms with van der Waals surface area (Å²) in [4.78, 5) is 17.8. The minimum absolute atomic E-state index is 0.0883.